The van der Waals surface area contributed by atoms with Crippen LogP contribution in [0.25, 0.3) is 10.9 Å². The number of pyridine rings is 1. The number of unbranched alkanes of at least 4 members (excludes halogenated alkanes) is 1. The van der Waals surface area contributed by atoms with Crippen molar-refractivity contribution >= 4 is 45.7 Å². The van der Waals surface area contributed by atoms with Crippen LogP contribution in [0.4, 0.5) is 5.69 Å². The molecule has 1 unspecified atom stereocenters. The van der Waals surface area contributed by atoms with Crippen molar-refractivity contribution in [3.63, 3.8) is 0 Å². The second-order valence-electron chi connectivity index (χ2n) is 10.3. The number of piperazine rings is 1. The molecule has 0 saturated carbocycles. The van der Waals surface area contributed by atoms with E-state index in [9.17, 15) is 9.59 Å². The van der Waals surface area contributed by atoms with Crippen LogP contribution in [0.3, 0.4) is 0 Å². The number of fused-ring (bicyclic) bond motifs is 1. The number of nitrogens with zero attached hydrogens (tertiary/aromatic N) is 3. The summed E-state index contributed by atoms with van der Waals surface area (Å²) in [5.41, 5.74) is 7.26. The highest BCUT2D eigenvalue weighted by atomic mass is 35.5. The summed E-state index contributed by atoms with van der Waals surface area (Å²) in [6.45, 7) is 9.33. The van der Waals surface area contributed by atoms with Gasteiger partial charge in [-0.3, -0.25) is 14.5 Å². The molecule has 2 N–H and O–H groups in total. The van der Waals surface area contributed by atoms with Crippen molar-refractivity contribution in [2.75, 3.05) is 44.2 Å². The van der Waals surface area contributed by atoms with Gasteiger partial charge in [0.25, 0.3) is 11.5 Å². The fourth-order valence-electron chi connectivity index (χ4n) is 4.88. The fraction of sp³-hybridized carbons (Fsp3) is 0.448. The topological polar surface area (TPSA) is 80.8 Å². The van der Waals surface area contributed by atoms with Crippen LogP contribution in [0.5, 0.6) is 5.75 Å². The number of carbonyl (C=O) groups excluding carboxylic acids is 1. The molecule has 3 aromatic rings. The number of aromatic nitrogens is 1. The van der Waals surface area contributed by atoms with Gasteiger partial charge in [-0.25, -0.2) is 4.57 Å². The average molecular weight is 560 g/mol. The fourth-order valence-corrected chi connectivity index (χ4v) is 5.30. The quantitative estimate of drug-likeness (QED) is 0.340. The number of anilines is 1. The van der Waals surface area contributed by atoms with E-state index in [4.69, 9.17) is 33.7 Å². The van der Waals surface area contributed by atoms with Gasteiger partial charge in [0, 0.05) is 38.3 Å². The number of halogens is 2. The van der Waals surface area contributed by atoms with E-state index in [1.165, 1.54) is 10.6 Å². The molecule has 4 rings (SSSR count). The second kappa shape index (κ2) is 13.0. The summed E-state index contributed by atoms with van der Waals surface area (Å²) in [4.78, 5) is 30.3. The lowest BCUT2D eigenvalue weighted by molar-refractivity contribution is 0.0869. The van der Waals surface area contributed by atoms with Crippen molar-refractivity contribution in [2.45, 2.75) is 39.2 Å². The highest BCUT2D eigenvalue weighted by Gasteiger charge is 2.21. The summed E-state index contributed by atoms with van der Waals surface area (Å²) in [5, 5.41) is 2.00. The highest BCUT2D eigenvalue weighted by Crippen LogP contribution is 2.33. The Morgan fingerprint density at radius 2 is 1.76 bits per heavy atom. The minimum Gasteiger partial charge on any atom is -0.494 e. The Bertz CT molecular complexity index is 1320. The summed E-state index contributed by atoms with van der Waals surface area (Å²) < 4.78 is 7.18. The van der Waals surface area contributed by atoms with Crippen molar-refractivity contribution in [3.05, 3.63) is 68.9 Å². The molecule has 7 nitrogen and oxygen atoms in total. The monoisotopic (exact) mass is 558 g/mol. The van der Waals surface area contributed by atoms with Gasteiger partial charge in [0.15, 0.2) is 0 Å². The van der Waals surface area contributed by atoms with Crippen LogP contribution in [-0.4, -0.2) is 60.7 Å². The molecule has 0 amide bonds. The van der Waals surface area contributed by atoms with Crippen LogP contribution < -0.4 is 20.9 Å². The molecule has 1 fully saturated rings. The molecule has 1 atom stereocenters. The Morgan fingerprint density at radius 1 is 1.03 bits per heavy atom. The smallest absolute Gasteiger partial charge is 0.257 e. The summed E-state index contributed by atoms with van der Waals surface area (Å²) in [6.07, 6.45) is 2.43. The lowest BCUT2D eigenvalue weighted by Gasteiger charge is -2.36. The van der Waals surface area contributed by atoms with Crippen molar-refractivity contribution in [1.29, 1.82) is 0 Å². The number of hydrogen-bond donors (Lipinski definition) is 1. The zero-order valence-electron chi connectivity index (χ0n) is 22.0. The molecule has 1 aliphatic heterocycles. The summed E-state index contributed by atoms with van der Waals surface area (Å²) >= 11 is 12.6. The Kier molecular flexibility index (Phi) is 9.71. The Morgan fingerprint density at radius 3 is 2.50 bits per heavy atom. The lowest BCUT2D eigenvalue weighted by atomic mass is 10.0. The van der Waals surface area contributed by atoms with Crippen LogP contribution in [0.2, 0.25) is 10.0 Å². The van der Waals surface area contributed by atoms with E-state index in [0.717, 1.165) is 56.6 Å². The van der Waals surface area contributed by atoms with Gasteiger partial charge in [-0.15, -0.1) is 0 Å². The second-order valence-corrected chi connectivity index (χ2v) is 11.0. The molecule has 2 aromatic carbocycles. The summed E-state index contributed by atoms with van der Waals surface area (Å²) in [7, 11) is 0. The Balaban J connectivity index is 1.27. The molecule has 9 heteroatoms. The van der Waals surface area contributed by atoms with Gasteiger partial charge in [-0.2, -0.15) is 0 Å². The van der Waals surface area contributed by atoms with Crippen LogP contribution >= 0.6 is 23.2 Å². The van der Waals surface area contributed by atoms with E-state index in [2.05, 4.69) is 9.80 Å². The molecular weight excluding hydrogens is 523 g/mol. The Hall–Kier alpha value is -2.58. The maximum Gasteiger partial charge on any atom is 0.257 e. The van der Waals surface area contributed by atoms with Gasteiger partial charge in [0.1, 0.15) is 5.75 Å². The predicted molar refractivity (Wildman–Crippen MR) is 156 cm³/mol. The van der Waals surface area contributed by atoms with Crippen molar-refractivity contribution < 1.29 is 9.53 Å². The first kappa shape index (κ1) is 28.4. The third-order valence-electron chi connectivity index (χ3n) is 6.91. The number of carbonyl (C=O) groups is 1. The standard InChI is InChI=1S/C29H36Cl2N4O3/c1-20(2)18-24(32)29(37)35-26-19-22(10-8-21(26)9-11-27(35)36)38-17-4-3-12-33-13-15-34(16-14-33)25-7-5-6-23(30)28(25)31/h5-11,19-20,24H,3-4,12-18,32H2,1-2H3. The third-order valence-corrected chi connectivity index (χ3v) is 7.72. The summed E-state index contributed by atoms with van der Waals surface area (Å²) in [5.74, 6) is 0.502. The first-order chi connectivity index (χ1) is 18.2. The SMILES string of the molecule is CC(C)CC(N)C(=O)n1c(=O)ccc2ccc(OCCCCN3CCN(c4cccc(Cl)c4Cl)CC3)cc21. The van der Waals surface area contributed by atoms with Gasteiger partial charge < -0.3 is 15.4 Å². The lowest BCUT2D eigenvalue weighted by Crippen LogP contribution is -2.46. The molecule has 0 aliphatic carbocycles. The minimum absolute atomic E-state index is 0.254. The molecule has 0 bridgehead atoms. The number of ether oxygens (including phenoxy) is 1. The number of hydrogen-bond acceptors (Lipinski definition) is 6. The van der Waals surface area contributed by atoms with E-state index in [0.29, 0.717) is 34.3 Å². The summed E-state index contributed by atoms with van der Waals surface area (Å²) in [6, 6.07) is 13.7. The van der Waals surface area contributed by atoms with Crippen molar-refractivity contribution in [3.8, 4) is 5.75 Å². The van der Waals surface area contributed by atoms with Crippen LogP contribution in [0.1, 0.15) is 37.9 Å². The van der Waals surface area contributed by atoms with Crippen LogP contribution in [0, 0.1) is 5.92 Å². The maximum absolute atomic E-state index is 13.0. The van der Waals surface area contributed by atoms with E-state index < -0.39 is 6.04 Å². The van der Waals surface area contributed by atoms with Crippen molar-refractivity contribution in [1.82, 2.24) is 9.47 Å². The molecule has 204 valence electrons. The molecule has 0 spiro atoms. The van der Waals surface area contributed by atoms with Crippen LogP contribution in [0.15, 0.2) is 53.3 Å². The first-order valence-corrected chi connectivity index (χ1v) is 14.0. The Labute approximate surface area is 234 Å². The van der Waals surface area contributed by atoms with Gasteiger partial charge in [-0.1, -0.05) is 43.1 Å². The zero-order chi connectivity index (χ0) is 27.2. The molecule has 1 aliphatic rings. The molecule has 38 heavy (non-hydrogen) atoms. The largest absolute Gasteiger partial charge is 0.494 e. The normalized spacial score (nSPS) is 15.3. The zero-order valence-corrected chi connectivity index (χ0v) is 23.5. The van der Waals surface area contributed by atoms with E-state index in [1.807, 2.05) is 44.2 Å². The van der Waals surface area contributed by atoms with Crippen LogP contribution in [-0.2, 0) is 0 Å². The van der Waals surface area contributed by atoms with E-state index in [-0.39, 0.29) is 17.4 Å². The number of nitrogens with two attached hydrogens (primary N) is 1. The van der Waals surface area contributed by atoms with Gasteiger partial charge in [0.05, 0.1) is 33.9 Å². The predicted octanol–water partition coefficient (Wildman–Crippen LogP) is 5.30. The average Bonchev–Trinajstić information content (AvgIpc) is 2.89. The van der Waals surface area contributed by atoms with Gasteiger partial charge in [-0.05, 0) is 67.4 Å². The first-order valence-electron chi connectivity index (χ1n) is 13.2. The highest BCUT2D eigenvalue weighted by molar-refractivity contribution is 6.43. The molecule has 1 saturated heterocycles. The maximum atomic E-state index is 13.0. The molecule has 2 heterocycles. The van der Waals surface area contributed by atoms with E-state index >= 15 is 0 Å². The molecular formula is C29H36Cl2N4O3. The van der Waals surface area contributed by atoms with Gasteiger partial charge >= 0.3 is 0 Å². The third kappa shape index (κ3) is 6.89. The van der Waals surface area contributed by atoms with Crippen molar-refractivity contribution in [2.24, 2.45) is 11.7 Å². The number of rotatable bonds is 10. The van der Waals surface area contributed by atoms with E-state index in [1.54, 1.807) is 12.1 Å². The molecule has 1 aromatic heterocycles. The minimum atomic E-state index is -0.729. The number of benzene rings is 2. The molecule has 0 radical (unpaired) electrons. The van der Waals surface area contributed by atoms with Gasteiger partial charge in [0.2, 0.25) is 0 Å².